The number of likely N-dealkylation sites (tertiary alicyclic amines) is 1. The predicted octanol–water partition coefficient (Wildman–Crippen LogP) is 1.37. The first-order chi connectivity index (χ1) is 11.2. The summed E-state index contributed by atoms with van der Waals surface area (Å²) in [7, 11) is 1.85. The fourth-order valence-corrected chi connectivity index (χ4v) is 3.69. The Balaban J connectivity index is 1.90. The molecule has 0 saturated carbocycles. The molecule has 1 atom stereocenters. The normalized spacial score (nSPS) is 19.1. The Morgan fingerprint density at radius 2 is 2.13 bits per heavy atom. The van der Waals surface area contributed by atoms with E-state index in [4.69, 9.17) is 0 Å². The maximum Gasteiger partial charge on any atom is 0.257 e. The number of rotatable bonds is 3. The first kappa shape index (κ1) is 14.4. The lowest BCUT2D eigenvalue weighted by atomic mass is 10.1. The third-order valence-electron chi connectivity index (χ3n) is 4.86. The van der Waals surface area contributed by atoms with Crippen molar-refractivity contribution in [2.24, 2.45) is 7.05 Å². The molecule has 1 aliphatic rings. The zero-order valence-electron chi connectivity index (χ0n) is 13.1. The first-order valence-corrected chi connectivity index (χ1v) is 8.00. The maximum absolute atomic E-state index is 12.3. The molecule has 1 aromatic carbocycles. The predicted molar refractivity (Wildman–Crippen MR) is 89.4 cm³/mol. The van der Waals surface area contributed by atoms with E-state index in [0.29, 0.717) is 11.9 Å². The Kier molecular flexibility index (Phi) is 3.43. The molecule has 23 heavy (non-hydrogen) atoms. The summed E-state index contributed by atoms with van der Waals surface area (Å²) in [5.74, 6) is 0. The van der Waals surface area contributed by atoms with Gasteiger partial charge in [-0.3, -0.25) is 14.4 Å². The summed E-state index contributed by atoms with van der Waals surface area (Å²) in [6.07, 6.45) is 2.13. The fourth-order valence-electron chi connectivity index (χ4n) is 3.69. The number of aromatic nitrogens is 3. The van der Waals surface area contributed by atoms with Gasteiger partial charge in [-0.2, -0.15) is 5.10 Å². The van der Waals surface area contributed by atoms with Gasteiger partial charge in [-0.05, 0) is 25.5 Å². The average Bonchev–Trinajstić information content (AvgIpc) is 3.13. The number of hydrogen-bond acceptors (Lipinski definition) is 4. The first-order valence-electron chi connectivity index (χ1n) is 8.00. The number of aromatic amines is 1. The van der Waals surface area contributed by atoms with Crippen LogP contribution in [0, 0.1) is 0 Å². The lowest BCUT2D eigenvalue weighted by molar-refractivity contribution is 0.152. The molecule has 1 aliphatic heterocycles. The highest BCUT2D eigenvalue weighted by molar-refractivity contribution is 6.05. The van der Waals surface area contributed by atoms with Crippen LogP contribution >= 0.6 is 0 Å². The van der Waals surface area contributed by atoms with Crippen LogP contribution in [0.1, 0.15) is 18.5 Å². The molecular formula is C17H20N4O2. The van der Waals surface area contributed by atoms with Gasteiger partial charge < -0.3 is 10.1 Å². The second kappa shape index (κ2) is 5.47. The van der Waals surface area contributed by atoms with Crippen LogP contribution in [0.4, 0.5) is 0 Å². The van der Waals surface area contributed by atoms with Gasteiger partial charge in [0.25, 0.3) is 5.56 Å². The van der Waals surface area contributed by atoms with Gasteiger partial charge in [0.15, 0.2) is 0 Å². The Morgan fingerprint density at radius 3 is 2.91 bits per heavy atom. The highest BCUT2D eigenvalue weighted by Gasteiger charge is 2.26. The van der Waals surface area contributed by atoms with Crippen molar-refractivity contribution >= 4 is 21.8 Å². The number of nitrogens with one attached hydrogen (secondary N) is 1. The monoisotopic (exact) mass is 312 g/mol. The van der Waals surface area contributed by atoms with Crippen molar-refractivity contribution in [2.75, 3.05) is 13.2 Å². The minimum Gasteiger partial charge on any atom is -0.395 e. The molecule has 1 fully saturated rings. The molecule has 0 unspecified atom stereocenters. The molecule has 0 aliphatic carbocycles. The number of hydrogen-bond donors (Lipinski definition) is 2. The number of benzene rings is 1. The molecule has 6 heteroatoms. The smallest absolute Gasteiger partial charge is 0.257 e. The molecule has 0 bridgehead atoms. The van der Waals surface area contributed by atoms with Gasteiger partial charge in [-0.15, -0.1) is 0 Å². The lowest BCUT2D eigenvalue weighted by Crippen LogP contribution is -2.31. The SMILES string of the molecule is Cn1nc(CN2CCC[C@@H]2CO)c2c3ccccc3c(=O)[nH]c21. The Bertz CT molecular complexity index is 927. The molecule has 0 radical (unpaired) electrons. The van der Waals surface area contributed by atoms with Crippen LogP contribution in [0.3, 0.4) is 0 Å². The van der Waals surface area contributed by atoms with Gasteiger partial charge in [-0.25, -0.2) is 0 Å². The second-order valence-corrected chi connectivity index (χ2v) is 6.24. The van der Waals surface area contributed by atoms with Crippen LogP contribution in [0.15, 0.2) is 29.1 Å². The molecule has 1 saturated heterocycles. The maximum atomic E-state index is 12.3. The molecule has 0 amide bonds. The van der Waals surface area contributed by atoms with Crippen molar-refractivity contribution in [3.8, 4) is 0 Å². The Morgan fingerprint density at radius 1 is 1.35 bits per heavy atom. The van der Waals surface area contributed by atoms with E-state index in [1.165, 1.54) is 0 Å². The van der Waals surface area contributed by atoms with E-state index in [9.17, 15) is 9.90 Å². The van der Waals surface area contributed by atoms with Crippen LogP contribution in [-0.2, 0) is 13.6 Å². The van der Waals surface area contributed by atoms with E-state index in [2.05, 4.69) is 15.0 Å². The zero-order valence-corrected chi connectivity index (χ0v) is 13.1. The van der Waals surface area contributed by atoms with E-state index in [0.717, 1.165) is 41.5 Å². The minimum absolute atomic E-state index is 0.0861. The third-order valence-corrected chi connectivity index (χ3v) is 4.86. The molecule has 6 nitrogen and oxygen atoms in total. The molecule has 2 aromatic heterocycles. The van der Waals surface area contributed by atoms with Gasteiger partial charge in [0.2, 0.25) is 0 Å². The standard InChI is InChI=1S/C17H20N4O2/c1-20-16-15(12-6-2-3-7-13(12)17(23)18-16)14(19-20)9-21-8-4-5-11(21)10-22/h2-3,6-7,11,22H,4-5,8-10H2,1H3,(H,18,23)/t11-/m1/s1. The van der Waals surface area contributed by atoms with Crippen LogP contribution in [0.5, 0.6) is 0 Å². The van der Waals surface area contributed by atoms with Gasteiger partial charge in [0.05, 0.1) is 12.3 Å². The second-order valence-electron chi connectivity index (χ2n) is 6.24. The summed E-state index contributed by atoms with van der Waals surface area (Å²) in [6.45, 7) is 1.85. The Hall–Kier alpha value is -2.18. The van der Waals surface area contributed by atoms with Crippen LogP contribution < -0.4 is 5.56 Å². The lowest BCUT2D eigenvalue weighted by Gasteiger charge is -2.21. The summed E-state index contributed by atoms with van der Waals surface area (Å²) in [5.41, 5.74) is 1.62. The number of aliphatic hydroxyl groups is 1. The molecule has 3 heterocycles. The average molecular weight is 312 g/mol. The van der Waals surface area contributed by atoms with Crippen LogP contribution in [-0.4, -0.2) is 44.0 Å². The van der Waals surface area contributed by atoms with Crippen molar-refractivity contribution in [3.05, 3.63) is 40.3 Å². The molecule has 2 N–H and O–H groups in total. The van der Waals surface area contributed by atoms with Crippen molar-refractivity contribution in [1.82, 2.24) is 19.7 Å². The summed E-state index contributed by atoms with van der Waals surface area (Å²) in [5, 5.41) is 16.8. The van der Waals surface area contributed by atoms with Gasteiger partial charge in [-0.1, -0.05) is 18.2 Å². The summed E-state index contributed by atoms with van der Waals surface area (Å²) >= 11 is 0. The van der Waals surface area contributed by atoms with Crippen molar-refractivity contribution < 1.29 is 5.11 Å². The largest absolute Gasteiger partial charge is 0.395 e. The number of aryl methyl sites for hydroxylation is 1. The highest BCUT2D eigenvalue weighted by Crippen LogP contribution is 2.27. The van der Waals surface area contributed by atoms with E-state index < -0.39 is 0 Å². The number of fused-ring (bicyclic) bond motifs is 3. The fraction of sp³-hybridized carbons (Fsp3) is 0.412. The summed E-state index contributed by atoms with van der Waals surface area (Å²) in [4.78, 5) is 17.5. The topological polar surface area (TPSA) is 74.2 Å². The van der Waals surface area contributed by atoms with E-state index in [-0.39, 0.29) is 18.2 Å². The molecular weight excluding hydrogens is 292 g/mol. The number of H-pyrrole nitrogens is 1. The van der Waals surface area contributed by atoms with Crippen molar-refractivity contribution in [3.63, 3.8) is 0 Å². The van der Waals surface area contributed by atoms with Gasteiger partial charge in [0, 0.05) is 35.8 Å². The Labute approximate surface area is 133 Å². The van der Waals surface area contributed by atoms with Gasteiger partial charge in [0.1, 0.15) is 5.65 Å². The van der Waals surface area contributed by atoms with Crippen molar-refractivity contribution in [2.45, 2.75) is 25.4 Å². The molecule has 0 spiro atoms. The molecule has 120 valence electrons. The van der Waals surface area contributed by atoms with E-state index in [1.54, 1.807) is 4.68 Å². The summed E-state index contributed by atoms with van der Waals surface area (Å²) in [6, 6.07) is 7.86. The van der Waals surface area contributed by atoms with Crippen LogP contribution in [0.25, 0.3) is 21.8 Å². The van der Waals surface area contributed by atoms with Gasteiger partial charge >= 0.3 is 0 Å². The third kappa shape index (κ3) is 2.26. The molecule has 3 aromatic rings. The van der Waals surface area contributed by atoms with Crippen molar-refractivity contribution in [1.29, 1.82) is 0 Å². The quantitative estimate of drug-likeness (QED) is 0.766. The molecule has 4 rings (SSSR count). The highest BCUT2D eigenvalue weighted by atomic mass is 16.3. The van der Waals surface area contributed by atoms with E-state index in [1.807, 2.05) is 31.3 Å². The van der Waals surface area contributed by atoms with Crippen LogP contribution in [0.2, 0.25) is 0 Å². The van der Waals surface area contributed by atoms with E-state index >= 15 is 0 Å². The number of nitrogens with zero attached hydrogens (tertiary/aromatic N) is 3. The number of pyridine rings is 1. The summed E-state index contributed by atoms with van der Waals surface area (Å²) < 4.78 is 1.74. The minimum atomic E-state index is -0.0861. The number of aliphatic hydroxyl groups excluding tert-OH is 1. The zero-order chi connectivity index (χ0) is 16.0.